The van der Waals surface area contributed by atoms with Crippen molar-refractivity contribution in [2.24, 2.45) is 4.99 Å². The van der Waals surface area contributed by atoms with Crippen LogP contribution in [0.2, 0.25) is 0 Å². The second-order valence-electron chi connectivity index (χ2n) is 8.55. The Morgan fingerprint density at radius 2 is 1.83 bits per heavy atom. The maximum absolute atomic E-state index is 5.48. The lowest BCUT2D eigenvalue weighted by molar-refractivity contribution is 0.0341. The lowest BCUT2D eigenvalue weighted by Gasteiger charge is -2.31. The molecular formula is C24H41N5O. The Morgan fingerprint density at radius 1 is 1.10 bits per heavy atom. The number of hydrogen-bond donors (Lipinski definition) is 2. The molecule has 0 unspecified atom stereocenters. The average Bonchev–Trinajstić information content (AvgIpc) is 2.79. The highest BCUT2D eigenvalue weighted by Gasteiger charge is 2.17. The van der Waals surface area contributed by atoms with Gasteiger partial charge < -0.3 is 20.3 Å². The minimum Gasteiger partial charge on any atom is -0.379 e. The average molecular weight is 416 g/mol. The number of aliphatic imine (C=N–C) groups is 1. The summed E-state index contributed by atoms with van der Waals surface area (Å²) in [5.41, 5.74) is 2.68. The number of morpholine rings is 1. The zero-order valence-electron chi connectivity index (χ0n) is 19.0. The second kappa shape index (κ2) is 12.9. The van der Waals surface area contributed by atoms with Crippen molar-refractivity contribution in [3.8, 4) is 0 Å². The number of likely N-dealkylation sites (N-methyl/N-ethyl adjacent to an activating group) is 1. The van der Waals surface area contributed by atoms with E-state index in [-0.39, 0.29) is 0 Å². The molecule has 0 radical (unpaired) electrons. The molecule has 2 aliphatic rings. The number of nitrogens with zero attached hydrogens (tertiary/aromatic N) is 3. The molecule has 1 aromatic rings. The lowest BCUT2D eigenvalue weighted by atomic mass is 9.94. The van der Waals surface area contributed by atoms with E-state index in [4.69, 9.17) is 9.73 Å². The van der Waals surface area contributed by atoms with Crippen molar-refractivity contribution in [3.63, 3.8) is 0 Å². The van der Waals surface area contributed by atoms with Crippen molar-refractivity contribution in [1.82, 2.24) is 20.4 Å². The van der Waals surface area contributed by atoms with Crippen molar-refractivity contribution >= 4 is 5.96 Å². The molecule has 0 atom stereocenters. The van der Waals surface area contributed by atoms with Crippen LogP contribution in [0.25, 0.3) is 0 Å². The van der Waals surface area contributed by atoms with Gasteiger partial charge in [-0.05, 0) is 37.9 Å². The van der Waals surface area contributed by atoms with Gasteiger partial charge in [0.1, 0.15) is 0 Å². The number of benzene rings is 1. The Balaban J connectivity index is 1.51. The van der Waals surface area contributed by atoms with Crippen LogP contribution in [0.5, 0.6) is 0 Å². The van der Waals surface area contributed by atoms with E-state index in [0.29, 0.717) is 6.54 Å². The van der Waals surface area contributed by atoms with Crippen molar-refractivity contribution < 1.29 is 4.74 Å². The van der Waals surface area contributed by atoms with E-state index >= 15 is 0 Å². The smallest absolute Gasteiger partial charge is 0.191 e. The van der Waals surface area contributed by atoms with Crippen LogP contribution in [0, 0.1) is 0 Å². The van der Waals surface area contributed by atoms with Crippen molar-refractivity contribution in [3.05, 3.63) is 35.4 Å². The molecule has 1 saturated carbocycles. The maximum atomic E-state index is 5.48. The van der Waals surface area contributed by atoms with E-state index in [1.54, 1.807) is 0 Å². The number of hydrogen-bond acceptors (Lipinski definition) is 4. The van der Waals surface area contributed by atoms with Crippen LogP contribution in [0.4, 0.5) is 0 Å². The highest BCUT2D eigenvalue weighted by Crippen LogP contribution is 2.21. The van der Waals surface area contributed by atoms with E-state index in [1.807, 2.05) is 0 Å². The van der Waals surface area contributed by atoms with Gasteiger partial charge in [0.15, 0.2) is 5.96 Å². The Hall–Kier alpha value is -1.63. The molecule has 0 amide bonds. The largest absolute Gasteiger partial charge is 0.379 e. The van der Waals surface area contributed by atoms with Gasteiger partial charge in [-0.1, -0.05) is 43.5 Å². The van der Waals surface area contributed by atoms with Crippen LogP contribution in [-0.4, -0.2) is 74.8 Å². The zero-order chi connectivity index (χ0) is 21.0. The molecule has 1 aromatic carbocycles. The number of rotatable bonds is 9. The summed E-state index contributed by atoms with van der Waals surface area (Å²) in [5, 5.41) is 6.93. The summed E-state index contributed by atoms with van der Waals surface area (Å²) >= 11 is 0. The van der Waals surface area contributed by atoms with Crippen LogP contribution in [0.15, 0.2) is 29.3 Å². The fourth-order valence-electron chi connectivity index (χ4n) is 4.43. The van der Waals surface area contributed by atoms with E-state index in [9.17, 15) is 0 Å². The molecule has 2 N–H and O–H groups in total. The minimum atomic E-state index is 0.703. The fourth-order valence-corrected chi connectivity index (χ4v) is 4.43. The van der Waals surface area contributed by atoms with Crippen LogP contribution in [0.1, 0.15) is 50.2 Å². The molecule has 30 heavy (non-hydrogen) atoms. The third-order valence-electron chi connectivity index (χ3n) is 6.32. The van der Waals surface area contributed by atoms with Gasteiger partial charge in [0.05, 0.1) is 19.8 Å². The van der Waals surface area contributed by atoms with Gasteiger partial charge in [-0.2, -0.15) is 0 Å². The van der Waals surface area contributed by atoms with Crippen LogP contribution in [-0.2, 0) is 17.8 Å². The van der Waals surface area contributed by atoms with Gasteiger partial charge in [-0.25, -0.2) is 4.99 Å². The molecule has 1 aliphatic heterocycles. The van der Waals surface area contributed by atoms with Gasteiger partial charge in [0.2, 0.25) is 0 Å². The van der Waals surface area contributed by atoms with Crippen molar-refractivity contribution in [2.75, 3.05) is 53.0 Å². The highest BCUT2D eigenvalue weighted by molar-refractivity contribution is 5.79. The van der Waals surface area contributed by atoms with Gasteiger partial charge in [-0.15, -0.1) is 0 Å². The summed E-state index contributed by atoms with van der Waals surface area (Å²) < 4.78 is 5.48. The Kier molecular flexibility index (Phi) is 9.93. The van der Waals surface area contributed by atoms with Crippen LogP contribution < -0.4 is 10.6 Å². The molecule has 1 saturated heterocycles. The Labute approximate surface area is 183 Å². The third-order valence-corrected chi connectivity index (χ3v) is 6.32. The SMILES string of the molecule is CCNC(=NCc1ccccc1CN1CCOCC1)NCCN(C)C1CCCCC1. The standard InChI is InChI=1S/C24H41N5O/c1-3-25-24(26-13-14-28(2)23-11-5-4-6-12-23)27-19-21-9-7-8-10-22(21)20-29-15-17-30-18-16-29/h7-10,23H,3-6,11-20H2,1-2H3,(H2,25,26,27). The van der Waals surface area contributed by atoms with Crippen LogP contribution >= 0.6 is 0 Å². The first kappa shape index (κ1) is 23.0. The fraction of sp³-hybridized carbons (Fsp3) is 0.708. The summed E-state index contributed by atoms with van der Waals surface area (Å²) in [6.45, 7) is 10.4. The van der Waals surface area contributed by atoms with Crippen molar-refractivity contribution in [1.29, 1.82) is 0 Å². The summed E-state index contributed by atoms with van der Waals surface area (Å²) in [6, 6.07) is 9.45. The topological polar surface area (TPSA) is 52.1 Å². The van der Waals surface area contributed by atoms with Gasteiger partial charge >= 0.3 is 0 Å². The molecule has 168 valence electrons. The monoisotopic (exact) mass is 415 g/mol. The quantitative estimate of drug-likeness (QED) is 0.480. The number of nitrogens with one attached hydrogen (secondary N) is 2. The molecule has 0 bridgehead atoms. The molecule has 3 rings (SSSR count). The predicted octanol–water partition coefficient (Wildman–Crippen LogP) is 2.84. The molecule has 0 aromatic heterocycles. The summed E-state index contributed by atoms with van der Waals surface area (Å²) in [4.78, 5) is 9.87. The molecule has 0 spiro atoms. The molecule has 6 nitrogen and oxygen atoms in total. The summed E-state index contributed by atoms with van der Waals surface area (Å²) in [5.74, 6) is 0.913. The van der Waals surface area contributed by atoms with E-state index in [1.165, 1.54) is 43.2 Å². The first-order chi connectivity index (χ1) is 14.8. The summed E-state index contributed by atoms with van der Waals surface area (Å²) in [7, 11) is 2.27. The summed E-state index contributed by atoms with van der Waals surface area (Å²) in [6.07, 6.45) is 6.88. The number of ether oxygens (including phenoxy) is 1. The van der Waals surface area contributed by atoms with E-state index < -0.39 is 0 Å². The first-order valence-corrected chi connectivity index (χ1v) is 11.9. The zero-order valence-corrected chi connectivity index (χ0v) is 19.0. The predicted molar refractivity (Wildman–Crippen MR) is 125 cm³/mol. The maximum Gasteiger partial charge on any atom is 0.191 e. The Morgan fingerprint density at radius 3 is 2.57 bits per heavy atom. The second-order valence-corrected chi connectivity index (χ2v) is 8.55. The Bertz CT molecular complexity index is 638. The molecule has 1 heterocycles. The van der Waals surface area contributed by atoms with Gasteiger partial charge in [0, 0.05) is 45.3 Å². The normalized spacial score (nSPS) is 19.2. The minimum absolute atomic E-state index is 0.703. The van der Waals surface area contributed by atoms with Gasteiger partial charge in [0.25, 0.3) is 0 Å². The third kappa shape index (κ3) is 7.56. The highest BCUT2D eigenvalue weighted by atomic mass is 16.5. The van der Waals surface area contributed by atoms with E-state index in [0.717, 1.165) is 64.5 Å². The number of guanidine groups is 1. The molecule has 2 fully saturated rings. The lowest BCUT2D eigenvalue weighted by Crippen LogP contribution is -2.43. The van der Waals surface area contributed by atoms with Crippen molar-refractivity contribution in [2.45, 2.75) is 58.2 Å². The first-order valence-electron chi connectivity index (χ1n) is 11.9. The van der Waals surface area contributed by atoms with Gasteiger partial charge in [-0.3, -0.25) is 4.90 Å². The molecular weight excluding hydrogens is 374 g/mol. The molecule has 1 aliphatic carbocycles. The molecule has 6 heteroatoms. The van der Waals surface area contributed by atoms with Crippen LogP contribution in [0.3, 0.4) is 0 Å². The van der Waals surface area contributed by atoms with E-state index in [2.05, 4.69) is 58.7 Å².